The smallest absolute Gasteiger partial charge is 0.305 e. The SMILES string of the molecule is COC(=O)CCCCCCC(=O)N/N=C/c1ccc(O)cc1Br. The lowest BCUT2D eigenvalue weighted by Gasteiger charge is -2.02. The first-order valence-corrected chi connectivity index (χ1v) is 8.19. The molecule has 0 bridgehead atoms. The lowest BCUT2D eigenvalue weighted by molar-refractivity contribution is -0.140. The largest absolute Gasteiger partial charge is 0.508 e. The number of carbonyl (C=O) groups excluding carboxylic acids is 2. The molecule has 1 amide bonds. The first-order chi connectivity index (χ1) is 11.0. The fourth-order valence-corrected chi connectivity index (χ4v) is 2.33. The maximum Gasteiger partial charge on any atom is 0.305 e. The molecule has 2 N–H and O–H groups in total. The van der Waals surface area contributed by atoms with Gasteiger partial charge in [0.1, 0.15) is 5.75 Å². The van der Waals surface area contributed by atoms with Crippen LogP contribution < -0.4 is 5.43 Å². The average molecular weight is 385 g/mol. The van der Waals surface area contributed by atoms with Gasteiger partial charge in [0.05, 0.1) is 13.3 Å². The number of esters is 1. The fraction of sp³-hybridized carbons (Fsp3) is 0.438. The van der Waals surface area contributed by atoms with E-state index in [9.17, 15) is 14.7 Å². The number of hydrogen-bond donors (Lipinski definition) is 2. The Labute approximate surface area is 144 Å². The average Bonchev–Trinajstić information content (AvgIpc) is 2.52. The van der Waals surface area contributed by atoms with Crippen LogP contribution in [-0.4, -0.2) is 30.3 Å². The molecular formula is C16H21BrN2O4. The monoisotopic (exact) mass is 384 g/mol. The van der Waals surface area contributed by atoms with Crippen LogP contribution in [0.25, 0.3) is 0 Å². The van der Waals surface area contributed by atoms with Crippen molar-refractivity contribution in [1.82, 2.24) is 5.43 Å². The van der Waals surface area contributed by atoms with Gasteiger partial charge in [-0.3, -0.25) is 9.59 Å². The summed E-state index contributed by atoms with van der Waals surface area (Å²) in [4.78, 5) is 22.5. The number of methoxy groups -OCH3 is 1. The van der Waals surface area contributed by atoms with Crippen molar-refractivity contribution in [2.24, 2.45) is 5.10 Å². The van der Waals surface area contributed by atoms with Gasteiger partial charge >= 0.3 is 5.97 Å². The van der Waals surface area contributed by atoms with Crippen LogP contribution in [0.1, 0.15) is 44.1 Å². The number of hydrazone groups is 1. The molecule has 0 saturated heterocycles. The van der Waals surface area contributed by atoms with Gasteiger partial charge in [0.2, 0.25) is 5.91 Å². The van der Waals surface area contributed by atoms with E-state index >= 15 is 0 Å². The molecule has 0 aromatic heterocycles. The van der Waals surface area contributed by atoms with Crippen LogP contribution in [0.15, 0.2) is 27.8 Å². The van der Waals surface area contributed by atoms with E-state index in [1.54, 1.807) is 18.2 Å². The van der Waals surface area contributed by atoms with E-state index in [0.717, 1.165) is 31.2 Å². The molecule has 0 unspecified atom stereocenters. The summed E-state index contributed by atoms with van der Waals surface area (Å²) in [5, 5.41) is 13.2. The van der Waals surface area contributed by atoms with E-state index in [2.05, 4.69) is 31.2 Å². The highest BCUT2D eigenvalue weighted by atomic mass is 79.9. The molecule has 23 heavy (non-hydrogen) atoms. The molecule has 0 aliphatic carbocycles. The molecule has 7 heteroatoms. The zero-order valence-electron chi connectivity index (χ0n) is 13.0. The molecule has 0 fully saturated rings. The van der Waals surface area contributed by atoms with Gasteiger partial charge in [-0.05, 0) is 47.0 Å². The van der Waals surface area contributed by atoms with Gasteiger partial charge in [-0.2, -0.15) is 5.10 Å². The van der Waals surface area contributed by atoms with Crippen LogP contribution in [0.5, 0.6) is 5.75 Å². The summed E-state index contributed by atoms with van der Waals surface area (Å²) in [5.41, 5.74) is 3.22. The van der Waals surface area contributed by atoms with Crippen molar-refractivity contribution in [2.75, 3.05) is 7.11 Å². The van der Waals surface area contributed by atoms with Crippen LogP contribution in [0.4, 0.5) is 0 Å². The van der Waals surface area contributed by atoms with E-state index in [0.29, 0.717) is 17.3 Å². The Morgan fingerprint density at radius 1 is 1.26 bits per heavy atom. The van der Waals surface area contributed by atoms with Gasteiger partial charge in [0, 0.05) is 22.9 Å². The second kappa shape index (κ2) is 10.8. The first kappa shape index (κ1) is 19.2. The van der Waals surface area contributed by atoms with Gasteiger partial charge in [-0.15, -0.1) is 0 Å². The zero-order valence-corrected chi connectivity index (χ0v) is 14.6. The number of ether oxygens (including phenoxy) is 1. The quantitative estimate of drug-likeness (QED) is 0.296. The van der Waals surface area contributed by atoms with Crippen molar-refractivity contribution in [3.63, 3.8) is 0 Å². The Bertz CT molecular complexity index is 561. The van der Waals surface area contributed by atoms with Crippen LogP contribution in [-0.2, 0) is 14.3 Å². The van der Waals surface area contributed by atoms with E-state index in [-0.39, 0.29) is 17.6 Å². The lowest BCUT2D eigenvalue weighted by atomic mass is 10.1. The van der Waals surface area contributed by atoms with Gasteiger partial charge in [-0.1, -0.05) is 12.8 Å². The predicted molar refractivity (Wildman–Crippen MR) is 91.3 cm³/mol. The van der Waals surface area contributed by atoms with E-state index < -0.39 is 0 Å². The predicted octanol–water partition coefficient (Wildman–Crippen LogP) is 3.12. The Hall–Kier alpha value is -1.89. The summed E-state index contributed by atoms with van der Waals surface area (Å²) in [7, 11) is 1.38. The third-order valence-electron chi connectivity index (χ3n) is 3.14. The van der Waals surface area contributed by atoms with Crippen molar-refractivity contribution in [3.8, 4) is 5.75 Å². The minimum atomic E-state index is -0.197. The summed E-state index contributed by atoms with van der Waals surface area (Å²) >= 11 is 3.30. The number of aromatic hydroxyl groups is 1. The zero-order chi connectivity index (χ0) is 17.1. The van der Waals surface area contributed by atoms with Gasteiger partial charge in [-0.25, -0.2) is 5.43 Å². The van der Waals surface area contributed by atoms with Gasteiger partial charge < -0.3 is 9.84 Å². The van der Waals surface area contributed by atoms with Crippen molar-refractivity contribution < 1.29 is 19.4 Å². The molecule has 126 valence electrons. The molecule has 0 heterocycles. The Balaban J connectivity index is 2.17. The molecule has 0 spiro atoms. The highest BCUT2D eigenvalue weighted by Crippen LogP contribution is 2.20. The molecule has 0 saturated carbocycles. The summed E-state index contributed by atoms with van der Waals surface area (Å²) in [6.45, 7) is 0. The number of halogens is 1. The number of amides is 1. The number of carbonyl (C=O) groups is 2. The van der Waals surface area contributed by atoms with Crippen LogP contribution in [0, 0.1) is 0 Å². The normalized spacial score (nSPS) is 10.7. The van der Waals surface area contributed by atoms with Crippen LogP contribution >= 0.6 is 15.9 Å². The minimum Gasteiger partial charge on any atom is -0.508 e. The number of nitrogens with zero attached hydrogens (tertiary/aromatic N) is 1. The van der Waals surface area contributed by atoms with Crippen molar-refractivity contribution in [1.29, 1.82) is 0 Å². The second-order valence-corrected chi connectivity index (χ2v) is 5.84. The molecule has 6 nitrogen and oxygen atoms in total. The van der Waals surface area contributed by atoms with Gasteiger partial charge in [0.15, 0.2) is 0 Å². The molecule has 1 aromatic rings. The summed E-state index contributed by atoms with van der Waals surface area (Å²) in [5.74, 6) is -0.188. The molecule has 0 aliphatic rings. The summed E-state index contributed by atoms with van der Waals surface area (Å²) in [6, 6.07) is 4.79. The third-order valence-corrected chi connectivity index (χ3v) is 3.83. The molecular weight excluding hydrogens is 364 g/mol. The number of rotatable bonds is 9. The second-order valence-electron chi connectivity index (χ2n) is 4.99. The Morgan fingerprint density at radius 2 is 1.96 bits per heavy atom. The van der Waals surface area contributed by atoms with E-state index in [1.165, 1.54) is 13.3 Å². The highest BCUT2D eigenvalue weighted by molar-refractivity contribution is 9.10. The maximum absolute atomic E-state index is 11.6. The minimum absolute atomic E-state index is 0.149. The Morgan fingerprint density at radius 3 is 2.61 bits per heavy atom. The first-order valence-electron chi connectivity index (χ1n) is 7.40. The number of benzene rings is 1. The molecule has 1 rings (SSSR count). The molecule has 0 radical (unpaired) electrons. The van der Waals surface area contributed by atoms with Crippen LogP contribution in [0.2, 0.25) is 0 Å². The molecule has 1 aromatic carbocycles. The van der Waals surface area contributed by atoms with E-state index in [1.807, 2.05) is 0 Å². The lowest BCUT2D eigenvalue weighted by Crippen LogP contribution is -2.16. The van der Waals surface area contributed by atoms with Crippen molar-refractivity contribution >= 4 is 34.0 Å². The number of unbranched alkanes of at least 4 members (excludes halogenated alkanes) is 3. The molecule has 0 atom stereocenters. The number of nitrogens with one attached hydrogen (secondary N) is 1. The Kier molecular flexibility index (Phi) is 8.97. The maximum atomic E-state index is 11.6. The van der Waals surface area contributed by atoms with Crippen molar-refractivity contribution in [2.45, 2.75) is 38.5 Å². The number of phenolic OH excluding ortho intramolecular Hbond substituents is 1. The van der Waals surface area contributed by atoms with Crippen molar-refractivity contribution in [3.05, 3.63) is 28.2 Å². The van der Waals surface area contributed by atoms with Gasteiger partial charge in [0.25, 0.3) is 0 Å². The molecule has 0 aliphatic heterocycles. The number of phenols is 1. The van der Waals surface area contributed by atoms with Crippen LogP contribution in [0.3, 0.4) is 0 Å². The highest BCUT2D eigenvalue weighted by Gasteiger charge is 2.02. The topological polar surface area (TPSA) is 88.0 Å². The summed E-state index contributed by atoms with van der Waals surface area (Å²) in [6.07, 6.45) is 5.65. The number of hydrogen-bond acceptors (Lipinski definition) is 5. The van der Waals surface area contributed by atoms with E-state index in [4.69, 9.17) is 0 Å². The fourth-order valence-electron chi connectivity index (χ4n) is 1.86. The standard InChI is InChI=1S/C16H21BrN2O4/c1-23-16(22)7-5-3-2-4-6-15(21)19-18-11-12-8-9-13(20)10-14(12)17/h8-11,20H,2-7H2,1H3,(H,19,21)/b18-11+. The third kappa shape index (κ3) is 8.35. The summed E-state index contributed by atoms with van der Waals surface area (Å²) < 4.78 is 5.25.